The Kier molecular flexibility index (Phi) is 3480. The van der Waals surface area contributed by atoms with Crippen LogP contribution in [0.2, 0.25) is 0 Å². The summed E-state index contributed by atoms with van der Waals surface area (Å²) < 4.78 is 0. The van der Waals surface area contributed by atoms with Crippen LogP contribution < -0.4 is 11.5 Å². The fourth-order valence-electron chi connectivity index (χ4n) is 0. The van der Waals surface area contributed by atoms with Crippen LogP contribution in [0.25, 0.3) is 0 Å². The van der Waals surface area contributed by atoms with Gasteiger partial charge in [0, 0.05) is 68.1 Å². The largest absolute Gasteiger partial charge is 2.00 e. The third-order valence-electron chi connectivity index (χ3n) is 0. The van der Waals surface area contributed by atoms with Crippen LogP contribution in [0.4, 0.5) is 4.79 Å². The van der Waals surface area contributed by atoms with Crippen molar-refractivity contribution in [1.82, 2.24) is 0 Å². The summed E-state index contributed by atoms with van der Waals surface area (Å²) in [7, 11) is 0. The molecule has 0 aliphatic carbocycles. The van der Waals surface area contributed by atoms with Gasteiger partial charge in [0.05, 0.1) is 0 Å². The van der Waals surface area contributed by atoms with Gasteiger partial charge in [0.1, 0.15) is 0 Å². The smallest absolute Gasteiger partial charge is 0.309 e. The average Bonchev–Trinajstić information content (AvgIpc) is 0.811. The zero-order chi connectivity index (χ0) is 3.58. The van der Waals surface area contributed by atoms with Gasteiger partial charge >= 0.3 is 6.03 Å². The molecule has 114 valence electrons. The molecule has 0 saturated heterocycles. The Balaban J connectivity index is -0.000000000682. The van der Waals surface area contributed by atoms with E-state index >= 15 is 0 Å². The van der Waals surface area contributed by atoms with E-state index in [1.807, 2.05) is 0 Å². The molecule has 6 N–H and O–H groups in total. The summed E-state index contributed by atoms with van der Waals surface area (Å²) in [4.78, 5) is 9.00. The van der Waals surface area contributed by atoms with Crippen LogP contribution in [0.3, 0.4) is 0 Å². The summed E-state index contributed by atoms with van der Waals surface area (Å²) >= 11 is 0. The molecule has 0 rings (SSSR count). The minimum absolute atomic E-state index is 0. The first-order valence-electron chi connectivity index (χ1n) is 0.781. The molecule has 0 atom stereocenters. The normalized spacial score (nSPS) is 1.50. The minimum Gasteiger partial charge on any atom is -2.00 e. The second-order valence-electron chi connectivity index (χ2n) is 0.402. The topological polar surface area (TPSA) is 329 Å². The Labute approximate surface area is 139 Å². The van der Waals surface area contributed by atoms with Crippen molar-refractivity contribution < 1.29 is 94.9 Å². The van der Waals surface area contributed by atoms with Crippen molar-refractivity contribution in [2.24, 2.45) is 11.5 Å². The predicted molar refractivity (Wildman–Crippen MR) is 28.6 cm³/mol. The van der Waals surface area contributed by atoms with Gasteiger partial charge in [0.2, 0.25) is 0 Å². The Hall–Kier alpha value is 1.16. The van der Waals surface area contributed by atoms with Gasteiger partial charge < -0.3 is 60.8 Å². The first-order chi connectivity index (χ1) is 1.73. The third-order valence-corrected chi connectivity index (χ3v) is 0. The fourth-order valence-corrected chi connectivity index (χ4v) is 0. The fraction of sp³-hybridized carbons (Fsp3) is 0. The maximum atomic E-state index is 9.00. The molecule has 12 nitrogen and oxygen atoms in total. The Morgan fingerprint density at radius 2 is 0.625 bits per heavy atom. The standard InChI is InChI=1S/CH4N2O.H2O.8O.Pb.2Re/c2-1(3)4;;;;;;;;;;;;/h(H4,2,3,4);1H2;;;;;;;;;;;/q;;8*-2;;;. The first-order valence-corrected chi connectivity index (χ1v) is 0.781. The number of nitrogens with two attached hydrogens (primary N) is 2. The van der Waals surface area contributed by atoms with Crippen molar-refractivity contribution in [1.29, 1.82) is 0 Å². The molecule has 0 aliphatic heterocycles. The van der Waals surface area contributed by atoms with Crippen LogP contribution in [0.1, 0.15) is 0 Å². The first kappa shape index (κ1) is 259. The molecule has 0 spiro atoms. The summed E-state index contributed by atoms with van der Waals surface area (Å²) in [5, 5.41) is 0. The van der Waals surface area contributed by atoms with Crippen molar-refractivity contribution in [3.8, 4) is 0 Å². The monoisotopic (exact) mass is 788 g/mol. The number of rotatable bonds is 0. The number of amides is 2. The number of carbonyl (C=O) groups excluding carboxylic acids is 1. The van der Waals surface area contributed by atoms with Gasteiger partial charge in [-0.25, -0.2) is 4.79 Å². The number of carbonyl (C=O) groups is 1. The van der Waals surface area contributed by atoms with Crippen LogP contribution >= 0.6 is 0 Å². The van der Waals surface area contributed by atoms with E-state index in [2.05, 4.69) is 11.5 Å². The van der Waals surface area contributed by atoms with Crippen molar-refractivity contribution in [2.75, 3.05) is 0 Å². The van der Waals surface area contributed by atoms with Crippen molar-refractivity contribution in [3.05, 3.63) is 0 Å². The second-order valence-corrected chi connectivity index (χ2v) is 0.402. The molecule has 0 heterocycles. The number of hydrogen-bond acceptors (Lipinski definition) is 1. The van der Waals surface area contributed by atoms with E-state index in [4.69, 9.17) is 4.79 Å². The molecule has 16 heavy (non-hydrogen) atoms. The van der Waals surface area contributed by atoms with E-state index in [1.165, 1.54) is 0 Å². The molecule has 0 aromatic rings. The molecule has 0 aromatic carbocycles. The van der Waals surface area contributed by atoms with Gasteiger partial charge in [-0.15, -0.1) is 0 Å². The maximum absolute atomic E-state index is 9.00. The van der Waals surface area contributed by atoms with Gasteiger partial charge in [-0.05, 0) is 0 Å². The van der Waals surface area contributed by atoms with E-state index in [1.54, 1.807) is 0 Å². The Bertz CT molecular complexity index is 49.8. The van der Waals surface area contributed by atoms with E-state index in [9.17, 15) is 0 Å². The molecule has 0 bridgehead atoms. The number of hydrogen-bond donors (Lipinski definition) is 2. The molecule has 0 unspecified atom stereocenters. The molecule has 6 radical (unpaired) electrons. The average molecular weight is 786 g/mol. The summed E-state index contributed by atoms with van der Waals surface area (Å²) in [6.07, 6.45) is 0. The van der Waals surface area contributed by atoms with Crippen molar-refractivity contribution >= 4 is 33.3 Å². The SMILES string of the molecule is NC(N)=O.O.[O-2].[O-2].[O-2].[O-2].[O-2].[O-2].[O-2].[O-2].[Pb].[Re].[Re]. The molecule has 0 saturated carbocycles. The van der Waals surface area contributed by atoms with Gasteiger partial charge in [-0.2, -0.15) is 0 Å². The minimum atomic E-state index is -0.833. The summed E-state index contributed by atoms with van der Waals surface area (Å²) in [5.74, 6) is 0. The van der Waals surface area contributed by atoms with E-state index < -0.39 is 6.03 Å². The van der Waals surface area contributed by atoms with Crippen LogP contribution in [-0.2, 0) is 84.7 Å². The van der Waals surface area contributed by atoms with Crippen LogP contribution in [0, 0.1) is 0 Å². The maximum Gasteiger partial charge on any atom is 0.309 e. The summed E-state index contributed by atoms with van der Waals surface area (Å²) in [6.45, 7) is 0. The summed E-state index contributed by atoms with van der Waals surface area (Å²) in [5.41, 5.74) is 8.50. The Morgan fingerprint density at radius 1 is 0.625 bits per heavy atom. The second kappa shape index (κ2) is 215. The van der Waals surface area contributed by atoms with Crippen LogP contribution in [0.15, 0.2) is 0 Å². The van der Waals surface area contributed by atoms with E-state index in [0.717, 1.165) is 0 Å². The molecule has 0 aliphatic rings. The quantitative estimate of drug-likeness (QED) is 0.237. The molecular weight excluding hydrogens is 780 g/mol. The van der Waals surface area contributed by atoms with Crippen molar-refractivity contribution in [2.45, 2.75) is 0 Å². The van der Waals surface area contributed by atoms with Gasteiger partial charge in [-0.1, -0.05) is 0 Å². The summed E-state index contributed by atoms with van der Waals surface area (Å²) in [6, 6.07) is -0.833. The predicted octanol–water partition coefficient (Wildman–Crippen LogP) is -3.14. The van der Waals surface area contributed by atoms with E-state index in [0.29, 0.717) is 0 Å². The molecule has 15 heteroatoms. The van der Waals surface area contributed by atoms with Gasteiger partial charge in [0.15, 0.2) is 0 Å². The molecular formula is CH6N2O10PbRe2-16. The Morgan fingerprint density at radius 3 is 0.625 bits per heavy atom. The van der Waals surface area contributed by atoms with E-state index in [-0.39, 0.29) is 117 Å². The zero-order valence-electron chi connectivity index (χ0n) is 7.08. The number of primary amides is 2. The van der Waals surface area contributed by atoms with Crippen LogP contribution in [-0.4, -0.2) is 38.8 Å². The zero-order valence-corrected chi connectivity index (χ0v) is 16.4. The molecule has 0 aromatic heterocycles. The molecule has 0 fully saturated rings. The van der Waals surface area contributed by atoms with Gasteiger partial charge in [0.25, 0.3) is 0 Å². The van der Waals surface area contributed by atoms with Crippen molar-refractivity contribution in [3.63, 3.8) is 0 Å². The van der Waals surface area contributed by atoms with Crippen LogP contribution in [0.5, 0.6) is 0 Å². The number of urea groups is 1. The van der Waals surface area contributed by atoms with Gasteiger partial charge in [-0.3, -0.25) is 0 Å². The molecule has 2 amide bonds. The third kappa shape index (κ3) is 2270.